The highest BCUT2D eigenvalue weighted by molar-refractivity contribution is 4.85. The SMILES string of the molecule is C.CC(C)[C@@H]1CC(N(C)C)C[C@H](C(C)C)O1.CC(C)[C@H]1CC(N(C)C)C[C@H](C(C)C)O1. The first-order chi connectivity index (χ1) is 13.8. The van der Waals surface area contributed by atoms with E-state index in [2.05, 4.69) is 93.4 Å². The van der Waals surface area contributed by atoms with Gasteiger partial charge in [0.2, 0.25) is 0 Å². The van der Waals surface area contributed by atoms with Gasteiger partial charge in [-0.25, -0.2) is 0 Å². The number of rotatable bonds is 6. The molecule has 0 aliphatic carbocycles. The van der Waals surface area contributed by atoms with Crippen LogP contribution in [0, 0.1) is 23.7 Å². The first-order valence-electron chi connectivity index (χ1n) is 12.5. The Morgan fingerprint density at radius 2 is 0.677 bits per heavy atom. The van der Waals surface area contributed by atoms with Crippen molar-refractivity contribution in [2.45, 2.75) is 125 Å². The lowest BCUT2D eigenvalue weighted by atomic mass is 9.88. The normalized spacial score (nSPS) is 31.9. The zero-order valence-corrected chi connectivity index (χ0v) is 22.3. The first-order valence-corrected chi connectivity index (χ1v) is 12.5. The first kappa shape index (κ1) is 30.8. The maximum absolute atomic E-state index is 6.16. The lowest BCUT2D eigenvalue weighted by Gasteiger charge is -2.41. The zero-order chi connectivity index (χ0) is 23.2. The predicted molar refractivity (Wildman–Crippen MR) is 137 cm³/mol. The van der Waals surface area contributed by atoms with E-state index in [0.717, 1.165) is 0 Å². The van der Waals surface area contributed by atoms with Gasteiger partial charge in [0.1, 0.15) is 0 Å². The Hall–Kier alpha value is -0.160. The van der Waals surface area contributed by atoms with Crippen LogP contribution in [0.15, 0.2) is 0 Å². The molecule has 2 aliphatic heterocycles. The van der Waals surface area contributed by atoms with E-state index in [0.29, 0.717) is 60.2 Å². The lowest BCUT2D eigenvalue weighted by Crippen LogP contribution is -2.45. The van der Waals surface area contributed by atoms with Gasteiger partial charge in [-0.15, -0.1) is 0 Å². The fourth-order valence-electron chi connectivity index (χ4n) is 4.50. The molecule has 0 amide bonds. The maximum atomic E-state index is 6.16. The van der Waals surface area contributed by atoms with Gasteiger partial charge in [-0.05, 0) is 77.5 Å². The van der Waals surface area contributed by atoms with Crippen molar-refractivity contribution >= 4 is 0 Å². The fraction of sp³-hybridized carbons (Fsp3) is 1.00. The predicted octanol–water partition coefficient (Wildman–Crippen LogP) is 6.19. The summed E-state index contributed by atoms with van der Waals surface area (Å²) in [7, 11) is 8.74. The Labute approximate surface area is 196 Å². The van der Waals surface area contributed by atoms with Crippen LogP contribution in [-0.4, -0.2) is 74.5 Å². The summed E-state index contributed by atoms with van der Waals surface area (Å²) in [6, 6.07) is 1.39. The van der Waals surface area contributed by atoms with Crippen molar-refractivity contribution in [1.82, 2.24) is 9.80 Å². The van der Waals surface area contributed by atoms with Crippen molar-refractivity contribution in [1.29, 1.82) is 0 Å². The largest absolute Gasteiger partial charge is 0.374 e. The molecule has 1 unspecified atom stereocenters. The molecule has 0 aromatic carbocycles. The molecule has 0 aromatic heterocycles. The molecule has 2 saturated heterocycles. The highest BCUT2D eigenvalue weighted by Gasteiger charge is 2.34. The van der Waals surface area contributed by atoms with Gasteiger partial charge < -0.3 is 19.3 Å². The second-order valence-corrected chi connectivity index (χ2v) is 11.6. The topological polar surface area (TPSA) is 24.9 Å². The summed E-state index contributed by atoms with van der Waals surface area (Å²) in [6.45, 7) is 18.1. The third kappa shape index (κ3) is 10.1. The summed E-state index contributed by atoms with van der Waals surface area (Å²) in [4.78, 5) is 4.71. The average molecular weight is 443 g/mol. The fourth-order valence-corrected chi connectivity index (χ4v) is 4.50. The molecule has 0 bridgehead atoms. The van der Waals surface area contributed by atoms with Crippen LogP contribution in [0.1, 0.15) is 88.5 Å². The molecule has 2 rings (SSSR count). The van der Waals surface area contributed by atoms with Gasteiger partial charge in [0.05, 0.1) is 24.4 Å². The molecule has 0 radical (unpaired) electrons. The van der Waals surface area contributed by atoms with Crippen LogP contribution in [0.2, 0.25) is 0 Å². The van der Waals surface area contributed by atoms with Gasteiger partial charge >= 0.3 is 0 Å². The van der Waals surface area contributed by atoms with E-state index in [1.54, 1.807) is 0 Å². The molecule has 2 fully saturated rings. The van der Waals surface area contributed by atoms with E-state index in [9.17, 15) is 0 Å². The minimum Gasteiger partial charge on any atom is -0.374 e. The van der Waals surface area contributed by atoms with E-state index in [1.165, 1.54) is 25.7 Å². The second kappa shape index (κ2) is 14.2. The van der Waals surface area contributed by atoms with Crippen molar-refractivity contribution in [2.75, 3.05) is 28.2 Å². The van der Waals surface area contributed by atoms with E-state index in [4.69, 9.17) is 9.47 Å². The Bertz CT molecular complexity index is 342. The molecule has 0 spiro atoms. The van der Waals surface area contributed by atoms with Crippen LogP contribution < -0.4 is 0 Å². The second-order valence-electron chi connectivity index (χ2n) is 11.6. The standard InChI is InChI=1S/2C13H27NO.CH4/c2*1-9(2)12-7-11(14(5)6)8-13(15-12)10(3)4;/h2*9-13H,7-8H2,1-6H3;1H4/t12-,13-;11?,12-,13+;/m1../s1. The van der Waals surface area contributed by atoms with E-state index >= 15 is 0 Å². The minimum absolute atomic E-state index is 0. The molecule has 5 atom stereocenters. The highest BCUT2D eigenvalue weighted by Crippen LogP contribution is 2.31. The Kier molecular flexibility index (Phi) is 14.1. The van der Waals surface area contributed by atoms with Gasteiger partial charge in [-0.1, -0.05) is 62.8 Å². The zero-order valence-electron chi connectivity index (χ0n) is 22.3. The van der Waals surface area contributed by atoms with E-state index < -0.39 is 0 Å². The van der Waals surface area contributed by atoms with Crippen LogP contribution in [0.5, 0.6) is 0 Å². The molecule has 2 heterocycles. The molecule has 0 saturated carbocycles. The number of ether oxygens (including phenoxy) is 2. The Morgan fingerprint density at radius 3 is 0.806 bits per heavy atom. The average Bonchev–Trinajstić information content (AvgIpc) is 2.67. The van der Waals surface area contributed by atoms with E-state index in [-0.39, 0.29) is 7.43 Å². The van der Waals surface area contributed by atoms with Gasteiger partial charge in [0, 0.05) is 12.1 Å². The van der Waals surface area contributed by atoms with Gasteiger partial charge in [-0.2, -0.15) is 0 Å². The molecule has 0 aromatic rings. The summed E-state index contributed by atoms with van der Waals surface area (Å²) in [5, 5.41) is 0. The maximum Gasteiger partial charge on any atom is 0.0616 e. The van der Waals surface area contributed by atoms with Crippen LogP contribution in [0.25, 0.3) is 0 Å². The van der Waals surface area contributed by atoms with Crippen LogP contribution in [-0.2, 0) is 9.47 Å². The number of hydrogen-bond acceptors (Lipinski definition) is 4. The van der Waals surface area contributed by atoms with Gasteiger partial charge in [0.25, 0.3) is 0 Å². The minimum atomic E-state index is 0. The summed E-state index contributed by atoms with van der Waals surface area (Å²) < 4.78 is 12.3. The quantitative estimate of drug-likeness (QED) is 0.490. The summed E-state index contributed by atoms with van der Waals surface area (Å²) >= 11 is 0. The summed E-state index contributed by atoms with van der Waals surface area (Å²) in [5.41, 5.74) is 0. The molecular formula is C27H58N2O2. The molecule has 188 valence electrons. The van der Waals surface area contributed by atoms with Crippen LogP contribution >= 0.6 is 0 Å². The molecule has 2 aliphatic rings. The monoisotopic (exact) mass is 442 g/mol. The molecular weight excluding hydrogens is 384 g/mol. The molecule has 4 heteroatoms. The van der Waals surface area contributed by atoms with E-state index in [1.807, 2.05) is 0 Å². The van der Waals surface area contributed by atoms with Gasteiger partial charge in [-0.3, -0.25) is 0 Å². The molecule has 0 N–H and O–H groups in total. The summed E-state index contributed by atoms with van der Waals surface area (Å²) in [5.74, 6) is 2.53. The number of nitrogens with zero attached hydrogens (tertiary/aromatic N) is 2. The Balaban J connectivity index is 0.000000562. The van der Waals surface area contributed by atoms with Crippen molar-refractivity contribution in [3.63, 3.8) is 0 Å². The molecule has 4 nitrogen and oxygen atoms in total. The third-order valence-electron chi connectivity index (χ3n) is 7.15. The molecule has 31 heavy (non-hydrogen) atoms. The smallest absolute Gasteiger partial charge is 0.0616 e. The van der Waals surface area contributed by atoms with Crippen molar-refractivity contribution in [3.05, 3.63) is 0 Å². The third-order valence-corrected chi connectivity index (χ3v) is 7.15. The Morgan fingerprint density at radius 1 is 0.484 bits per heavy atom. The van der Waals surface area contributed by atoms with Crippen molar-refractivity contribution in [2.24, 2.45) is 23.7 Å². The summed E-state index contributed by atoms with van der Waals surface area (Å²) in [6.07, 6.45) is 6.53. The highest BCUT2D eigenvalue weighted by atomic mass is 16.5. The number of hydrogen-bond donors (Lipinski definition) is 0. The van der Waals surface area contributed by atoms with Crippen molar-refractivity contribution in [3.8, 4) is 0 Å². The van der Waals surface area contributed by atoms with Crippen molar-refractivity contribution < 1.29 is 9.47 Å². The lowest BCUT2D eigenvalue weighted by molar-refractivity contribution is -0.111. The van der Waals surface area contributed by atoms with Gasteiger partial charge in [0.15, 0.2) is 0 Å². The van der Waals surface area contributed by atoms with Crippen LogP contribution in [0.3, 0.4) is 0 Å². The van der Waals surface area contributed by atoms with Crippen LogP contribution in [0.4, 0.5) is 0 Å².